The summed E-state index contributed by atoms with van der Waals surface area (Å²) >= 11 is 0. The molecule has 2 rings (SSSR count). The van der Waals surface area contributed by atoms with Gasteiger partial charge in [0.15, 0.2) is 11.6 Å². The van der Waals surface area contributed by atoms with Crippen molar-refractivity contribution in [1.29, 1.82) is 5.41 Å². The highest BCUT2D eigenvalue weighted by molar-refractivity contribution is 5.96. The Kier molecular flexibility index (Phi) is 2.71. The van der Waals surface area contributed by atoms with E-state index in [1.165, 1.54) is 12.8 Å². The van der Waals surface area contributed by atoms with Gasteiger partial charge in [0.2, 0.25) is 0 Å². The molecule has 0 spiro atoms. The summed E-state index contributed by atoms with van der Waals surface area (Å²) in [6.45, 7) is 2.17. The molecule has 1 aromatic carbocycles. The molecule has 0 radical (unpaired) electrons. The van der Waals surface area contributed by atoms with E-state index in [4.69, 9.17) is 10.1 Å². The molecule has 2 nitrogen and oxygen atoms in total. The van der Waals surface area contributed by atoms with Crippen molar-refractivity contribution in [2.75, 3.05) is 6.61 Å². The molecule has 0 amide bonds. The fourth-order valence-electron chi connectivity index (χ4n) is 1.40. The minimum absolute atomic E-state index is 0.226. The van der Waals surface area contributed by atoms with E-state index in [9.17, 15) is 4.39 Å². The van der Waals surface area contributed by atoms with Crippen LogP contribution in [0.5, 0.6) is 5.75 Å². The lowest BCUT2D eigenvalue weighted by Crippen LogP contribution is -2.04. The molecule has 1 fully saturated rings. The molecule has 15 heavy (non-hydrogen) atoms. The van der Waals surface area contributed by atoms with Crippen molar-refractivity contribution in [3.63, 3.8) is 0 Å². The topological polar surface area (TPSA) is 33.1 Å². The number of benzene rings is 1. The lowest BCUT2D eigenvalue weighted by atomic mass is 10.1. The van der Waals surface area contributed by atoms with Gasteiger partial charge in [-0.25, -0.2) is 4.39 Å². The van der Waals surface area contributed by atoms with Crippen LogP contribution < -0.4 is 4.74 Å². The van der Waals surface area contributed by atoms with Gasteiger partial charge in [0, 0.05) is 11.3 Å². The predicted molar refractivity (Wildman–Crippen MR) is 57.1 cm³/mol. The van der Waals surface area contributed by atoms with Crippen molar-refractivity contribution in [2.45, 2.75) is 19.8 Å². The van der Waals surface area contributed by atoms with Gasteiger partial charge in [0.1, 0.15) is 0 Å². The van der Waals surface area contributed by atoms with Crippen LogP contribution in [0, 0.1) is 17.1 Å². The summed E-state index contributed by atoms with van der Waals surface area (Å²) in [6.07, 6.45) is 2.37. The number of rotatable bonds is 4. The molecule has 0 atom stereocenters. The van der Waals surface area contributed by atoms with Crippen LogP contribution in [0.25, 0.3) is 0 Å². The second-order valence-corrected chi connectivity index (χ2v) is 4.00. The maximum absolute atomic E-state index is 13.7. The molecular weight excluding hydrogens is 193 g/mol. The molecule has 3 heteroatoms. The molecule has 0 aromatic heterocycles. The maximum atomic E-state index is 13.7. The number of nitrogens with one attached hydrogen (secondary N) is 1. The molecule has 0 aliphatic heterocycles. The second kappa shape index (κ2) is 4.01. The summed E-state index contributed by atoms with van der Waals surface area (Å²) in [5, 5.41) is 7.41. The Morgan fingerprint density at radius 2 is 2.27 bits per heavy atom. The van der Waals surface area contributed by atoms with Crippen LogP contribution in [0.15, 0.2) is 18.2 Å². The predicted octanol–water partition coefficient (Wildman–Crippen LogP) is 3.00. The number of ether oxygens (including phenoxy) is 1. The molecule has 0 heterocycles. The Bertz CT molecular complexity index is 385. The third-order valence-corrected chi connectivity index (χ3v) is 2.54. The first-order valence-corrected chi connectivity index (χ1v) is 5.15. The van der Waals surface area contributed by atoms with Gasteiger partial charge in [-0.3, -0.25) is 0 Å². The third kappa shape index (κ3) is 2.35. The summed E-state index contributed by atoms with van der Waals surface area (Å²) in [4.78, 5) is 0. The van der Waals surface area contributed by atoms with Crippen molar-refractivity contribution >= 4 is 5.71 Å². The SMILES string of the molecule is CC(=N)c1cccc(OCC2CC2)c1F. The lowest BCUT2D eigenvalue weighted by molar-refractivity contribution is 0.285. The van der Waals surface area contributed by atoms with Gasteiger partial charge in [0.25, 0.3) is 0 Å². The molecule has 1 N–H and O–H groups in total. The van der Waals surface area contributed by atoms with E-state index in [1.807, 2.05) is 0 Å². The highest BCUT2D eigenvalue weighted by Crippen LogP contribution is 2.30. The number of halogens is 1. The zero-order valence-corrected chi connectivity index (χ0v) is 8.72. The number of hydrogen-bond donors (Lipinski definition) is 1. The van der Waals surface area contributed by atoms with Crippen molar-refractivity contribution in [2.24, 2.45) is 5.92 Å². The Morgan fingerprint density at radius 1 is 1.53 bits per heavy atom. The van der Waals surface area contributed by atoms with E-state index in [0.717, 1.165) is 0 Å². The highest BCUT2D eigenvalue weighted by Gasteiger charge is 2.22. The normalized spacial score (nSPS) is 15.1. The fraction of sp³-hybridized carbons (Fsp3) is 0.417. The fourth-order valence-corrected chi connectivity index (χ4v) is 1.40. The first-order chi connectivity index (χ1) is 7.18. The van der Waals surface area contributed by atoms with Crippen molar-refractivity contribution < 1.29 is 9.13 Å². The quantitative estimate of drug-likeness (QED) is 0.756. The van der Waals surface area contributed by atoms with Gasteiger partial charge < -0.3 is 10.1 Å². The molecular formula is C12H14FNO. The van der Waals surface area contributed by atoms with Crippen LogP contribution in [0.2, 0.25) is 0 Å². The Labute approximate surface area is 88.6 Å². The average molecular weight is 207 g/mol. The largest absolute Gasteiger partial charge is 0.490 e. The van der Waals surface area contributed by atoms with Crippen LogP contribution in [0.4, 0.5) is 4.39 Å². The highest BCUT2D eigenvalue weighted by atomic mass is 19.1. The molecule has 1 aliphatic carbocycles. The zero-order valence-electron chi connectivity index (χ0n) is 8.72. The standard InChI is InChI=1S/C12H14FNO/c1-8(14)10-3-2-4-11(12(10)13)15-7-9-5-6-9/h2-4,9,14H,5-7H2,1H3. The van der Waals surface area contributed by atoms with Crippen LogP contribution >= 0.6 is 0 Å². The van der Waals surface area contributed by atoms with Crippen molar-refractivity contribution in [3.8, 4) is 5.75 Å². The second-order valence-electron chi connectivity index (χ2n) is 4.00. The van der Waals surface area contributed by atoms with E-state index in [0.29, 0.717) is 18.1 Å². The first-order valence-electron chi connectivity index (χ1n) is 5.15. The smallest absolute Gasteiger partial charge is 0.174 e. The number of hydrogen-bond acceptors (Lipinski definition) is 2. The Morgan fingerprint density at radius 3 is 2.87 bits per heavy atom. The summed E-state index contributed by atoms with van der Waals surface area (Å²) < 4.78 is 19.1. The molecule has 0 saturated heterocycles. The first kappa shape index (κ1) is 10.1. The molecule has 1 aliphatic rings. The van der Waals surface area contributed by atoms with Crippen LogP contribution in [0.3, 0.4) is 0 Å². The zero-order chi connectivity index (χ0) is 10.8. The monoisotopic (exact) mass is 207 g/mol. The summed E-state index contributed by atoms with van der Waals surface area (Å²) in [5.74, 6) is 0.464. The van der Waals surface area contributed by atoms with Gasteiger partial charge in [-0.15, -0.1) is 0 Å². The third-order valence-electron chi connectivity index (χ3n) is 2.54. The van der Waals surface area contributed by atoms with Crippen molar-refractivity contribution in [3.05, 3.63) is 29.6 Å². The minimum Gasteiger partial charge on any atom is -0.490 e. The Hall–Kier alpha value is -1.38. The average Bonchev–Trinajstić information content (AvgIpc) is 2.99. The van der Waals surface area contributed by atoms with E-state index in [-0.39, 0.29) is 11.5 Å². The molecule has 1 saturated carbocycles. The van der Waals surface area contributed by atoms with Gasteiger partial charge in [-0.1, -0.05) is 6.07 Å². The molecule has 0 bridgehead atoms. The van der Waals surface area contributed by atoms with Gasteiger partial charge in [-0.05, 0) is 37.8 Å². The summed E-state index contributed by atoms with van der Waals surface area (Å²) in [7, 11) is 0. The van der Waals surface area contributed by atoms with E-state index in [1.54, 1.807) is 25.1 Å². The van der Waals surface area contributed by atoms with E-state index in [2.05, 4.69) is 0 Å². The van der Waals surface area contributed by atoms with Gasteiger partial charge in [0.05, 0.1) is 6.61 Å². The summed E-state index contributed by atoms with van der Waals surface area (Å²) in [5.41, 5.74) is 0.549. The van der Waals surface area contributed by atoms with Gasteiger partial charge in [-0.2, -0.15) is 0 Å². The molecule has 0 unspecified atom stereocenters. The molecule has 80 valence electrons. The summed E-state index contributed by atoms with van der Waals surface area (Å²) in [6, 6.07) is 4.94. The van der Waals surface area contributed by atoms with Gasteiger partial charge >= 0.3 is 0 Å². The van der Waals surface area contributed by atoms with E-state index >= 15 is 0 Å². The maximum Gasteiger partial charge on any atom is 0.174 e. The Balaban J connectivity index is 2.14. The minimum atomic E-state index is -0.411. The lowest BCUT2D eigenvalue weighted by Gasteiger charge is -2.08. The van der Waals surface area contributed by atoms with Crippen LogP contribution in [0.1, 0.15) is 25.3 Å². The van der Waals surface area contributed by atoms with Crippen LogP contribution in [-0.4, -0.2) is 12.3 Å². The van der Waals surface area contributed by atoms with Crippen LogP contribution in [-0.2, 0) is 0 Å². The van der Waals surface area contributed by atoms with Crippen molar-refractivity contribution in [1.82, 2.24) is 0 Å². The van der Waals surface area contributed by atoms with E-state index < -0.39 is 5.82 Å². The molecule has 1 aromatic rings.